The first kappa shape index (κ1) is 20.8. The molecule has 1 amide bonds. The normalized spacial score (nSPS) is 21.8. The van der Waals surface area contributed by atoms with Crippen LogP contribution in [0.1, 0.15) is 42.8 Å². The van der Waals surface area contributed by atoms with E-state index in [-0.39, 0.29) is 28.7 Å². The Labute approximate surface area is 184 Å². The first-order valence-corrected chi connectivity index (χ1v) is 10.8. The molecule has 32 heavy (non-hydrogen) atoms. The van der Waals surface area contributed by atoms with E-state index in [4.69, 9.17) is 20.2 Å². The van der Waals surface area contributed by atoms with E-state index in [0.29, 0.717) is 43.6 Å². The number of primary amides is 1. The molecule has 0 spiro atoms. The van der Waals surface area contributed by atoms with Gasteiger partial charge in [0.1, 0.15) is 17.0 Å². The second kappa shape index (κ2) is 8.44. The van der Waals surface area contributed by atoms with Crippen LogP contribution in [-0.2, 0) is 9.47 Å². The Hall–Kier alpha value is -3.11. The summed E-state index contributed by atoms with van der Waals surface area (Å²) >= 11 is 0. The number of carbonyl (C=O) groups is 1. The van der Waals surface area contributed by atoms with Gasteiger partial charge in [0.25, 0.3) is 0 Å². The number of anilines is 1. The Kier molecular flexibility index (Phi) is 5.48. The fourth-order valence-electron chi connectivity index (χ4n) is 4.44. The molecule has 5 rings (SSSR count). The maximum Gasteiger partial charge on any atom is 0.249 e. The summed E-state index contributed by atoms with van der Waals surface area (Å²) in [6.45, 7) is 4.34. The highest BCUT2D eigenvalue weighted by molar-refractivity contribution is 6.09. The van der Waals surface area contributed by atoms with Crippen molar-refractivity contribution in [2.24, 2.45) is 5.73 Å². The van der Waals surface area contributed by atoms with E-state index in [1.54, 1.807) is 23.0 Å². The SMILES string of the molecule is C[C@@H]1COCCN1c1cc(C(N)=O)c2c(F)cnc(-c3ccnn3C3CCCCO3)c2n1. The van der Waals surface area contributed by atoms with Crippen molar-refractivity contribution in [3.63, 3.8) is 0 Å². The van der Waals surface area contributed by atoms with Gasteiger partial charge in [0, 0.05) is 19.3 Å². The van der Waals surface area contributed by atoms with Gasteiger partial charge in [0.15, 0.2) is 12.0 Å². The molecule has 2 N–H and O–H groups in total. The summed E-state index contributed by atoms with van der Waals surface area (Å²) in [5, 5.41) is 4.50. The number of halogens is 1. The van der Waals surface area contributed by atoms with E-state index < -0.39 is 11.7 Å². The van der Waals surface area contributed by atoms with Crippen molar-refractivity contribution >= 4 is 22.6 Å². The second-order valence-electron chi connectivity index (χ2n) is 8.17. The minimum atomic E-state index is -0.722. The molecule has 0 aromatic carbocycles. The van der Waals surface area contributed by atoms with Crippen LogP contribution in [0.2, 0.25) is 0 Å². The summed E-state index contributed by atoms with van der Waals surface area (Å²) in [7, 11) is 0. The highest BCUT2D eigenvalue weighted by Crippen LogP contribution is 2.34. The lowest BCUT2D eigenvalue weighted by Gasteiger charge is -2.34. The topological polar surface area (TPSA) is 108 Å². The Morgan fingerprint density at radius 3 is 2.94 bits per heavy atom. The molecule has 3 aromatic rings. The average molecular weight is 440 g/mol. The van der Waals surface area contributed by atoms with Crippen LogP contribution in [0.25, 0.3) is 22.3 Å². The van der Waals surface area contributed by atoms with Crippen molar-refractivity contribution < 1.29 is 18.7 Å². The van der Waals surface area contributed by atoms with Gasteiger partial charge in [-0.1, -0.05) is 0 Å². The summed E-state index contributed by atoms with van der Waals surface area (Å²) in [6.07, 6.45) is 5.40. The molecule has 3 aromatic heterocycles. The van der Waals surface area contributed by atoms with Crippen LogP contribution in [0.4, 0.5) is 10.2 Å². The lowest BCUT2D eigenvalue weighted by Crippen LogP contribution is -2.44. The number of nitrogens with zero attached hydrogens (tertiary/aromatic N) is 5. The molecule has 0 saturated carbocycles. The number of fused-ring (bicyclic) bond motifs is 1. The van der Waals surface area contributed by atoms with Crippen molar-refractivity contribution in [3.8, 4) is 11.4 Å². The zero-order valence-corrected chi connectivity index (χ0v) is 17.8. The molecular weight excluding hydrogens is 415 g/mol. The standard InChI is InChI=1S/C22H25FN6O3/c1-13-12-31-9-7-28(13)17-10-14(22(24)30)19-15(23)11-25-20(21(19)27-17)16-5-6-26-29(16)18-4-2-3-8-32-18/h5-6,10-11,13,18H,2-4,7-9,12H2,1H3,(H2,24,30)/t13-,18?/m1/s1. The minimum absolute atomic E-state index is 0.0422. The first-order valence-electron chi connectivity index (χ1n) is 10.8. The number of rotatable bonds is 4. The van der Waals surface area contributed by atoms with Crippen LogP contribution in [0.15, 0.2) is 24.5 Å². The van der Waals surface area contributed by atoms with E-state index in [1.807, 2.05) is 11.8 Å². The Morgan fingerprint density at radius 2 is 2.19 bits per heavy atom. The van der Waals surface area contributed by atoms with Gasteiger partial charge in [0.2, 0.25) is 5.91 Å². The van der Waals surface area contributed by atoms with Crippen LogP contribution in [0.5, 0.6) is 0 Å². The molecule has 2 atom stereocenters. The Balaban J connectivity index is 1.72. The highest BCUT2D eigenvalue weighted by Gasteiger charge is 2.27. The molecule has 1 unspecified atom stereocenters. The van der Waals surface area contributed by atoms with Crippen LogP contribution in [0.3, 0.4) is 0 Å². The summed E-state index contributed by atoms with van der Waals surface area (Å²) in [5.74, 6) is -0.831. The molecule has 0 aliphatic carbocycles. The number of pyridine rings is 2. The van der Waals surface area contributed by atoms with Gasteiger partial charge in [-0.3, -0.25) is 4.79 Å². The molecule has 2 saturated heterocycles. The zero-order valence-electron chi connectivity index (χ0n) is 17.8. The van der Waals surface area contributed by atoms with Crippen molar-refractivity contribution in [2.45, 2.75) is 38.5 Å². The fourth-order valence-corrected chi connectivity index (χ4v) is 4.44. The van der Waals surface area contributed by atoms with Crippen LogP contribution >= 0.6 is 0 Å². The Morgan fingerprint density at radius 1 is 1.31 bits per heavy atom. The van der Waals surface area contributed by atoms with Crippen LogP contribution in [0, 0.1) is 5.82 Å². The molecule has 168 valence electrons. The second-order valence-corrected chi connectivity index (χ2v) is 8.17. The molecular formula is C22H25FN6O3. The monoisotopic (exact) mass is 440 g/mol. The van der Waals surface area contributed by atoms with Crippen molar-refractivity contribution in [3.05, 3.63) is 35.9 Å². The smallest absolute Gasteiger partial charge is 0.249 e. The third kappa shape index (κ3) is 3.59. The zero-order chi connectivity index (χ0) is 22.2. The number of aromatic nitrogens is 4. The molecule has 0 radical (unpaired) electrons. The van der Waals surface area contributed by atoms with Gasteiger partial charge < -0.3 is 20.1 Å². The predicted molar refractivity (Wildman–Crippen MR) is 116 cm³/mol. The van der Waals surface area contributed by atoms with Crippen LogP contribution in [-0.4, -0.2) is 58.1 Å². The lowest BCUT2D eigenvalue weighted by molar-refractivity contribution is -0.0383. The summed E-state index contributed by atoms with van der Waals surface area (Å²) < 4.78 is 28.1. The predicted octanol–water partition coefficient (Wildman–Crippen LogP) is 2.66. The first-order chi connectivity index (χ1) is 15.5. The van der Waals surface area contributed by atoms with Gasteiger partial charge in [-0.2, -0.15) is 5.10 Å². The van der Waals surface area contributed by atoms with Gasteiger partial charge in [0.05, 0.1) is 42.1 Å². The van der Waals surface area contributed by atoms with Gasteiger partial charge in [-0.15, -0.1) is 0 Å². The molecule has 2 aliphatic rings. The van der Waals surface area contributed by atoms with Gasteiger partial charge in [-0.25, -0.2) is 19.0 Å². The molecule has 9 nitrogen and oxygen atoms in total. The molecule has 2 aliphatic heterocycles. The van der Waals surface area contributed by atoms with Crippen molar-refractivity contribution in [1.82, 2.24) is 19.7 Å². The maximum atomic E-state index is 14.9. The third-order valence-corrected chi connectivity index (χ3v) is 6.04. The number of morpholine rings is 1. The van der Waals surface area contributed by atoms with E-state index in [2.05, 4.69) is 10.1 Å². The number of nitrogens with two attached hydrogens (primary N) is 1. The number of carbonyl (C=O) groups excluding carboxylic acids is 1. The fraction of sp³-hybridized carbons (Fsp3) is 0.455. The summed E-state index contributed by atoms with van der Waals surface area (Å²) in [4.78, 5) is 23.5. The summed E-state index contributed by atoms with van der Waals surface area (Å²) in [6, 6.07) is 3.40. The largest absolute Gasteiger partial charge is 0.377 e. The lowest BCUT2D eigenvalue weighted by atomic mass is 10.1. The van der Waals surface area contributed by atoms with Crippen LogP contribution < -0.4 is 10.6 Å². The third-order valence-electron chi connectivity index (χ3n) is 6.04. The van der Waals surface area contributed by atoms with Gasteiger partial charge in [-0.05, 0) is 38.3 Å². The number of hydrogen-bond acceptors (Lipinski definition) is 7. The average Bonchev–Trinajstić information content (AvgIpc) is 3.29. The highest BCUT2D eigenvalue weighted by atomic mass is 19.1. The number of ether oxygens (including phenoxy) is 2. The quantitative estimate of drug-likeness (QED) is 0.664. The molecule has 10 heteroatoms. The maximum absolute atomic E-state index is 14.9. The molecule has 5 heterocycles. The minimum Gasteiger partial charge on any atom is -0.377 e. The summed E-state index contributed by atoms with van der Waals surface area (Å²) in [5.41, 5.74) is 7.09. The molecule has 2 fully saturated rings. The molecule has 0 bridgehead atoms. The van der Waals surface area contributed by atoms with Crippen molar-refractivity contribution in [1.29, 1.82) is 0 Å². The van der Waals surface area contributed by atoms with E-state index in [9.17, 15) is 9.18 Å². The van der Waals surface area contributed by atoms with Crippen molar-refractivity contribution in [2.75, 3.05) is 31.3 Å². The van der Waals surface area contributed by atoms with E-state index in [0.717, 1.165) is 25.5 Å². The van der Waals surface area contributed by atoms with Gasteiger partial charge >= 0.3 is 0 Å². The van der Waals surface area contributed by atoms with E-state index >= 15 is 0 Å². The van der Waals surface area contributed by atoms with E-state index in [1.165, 1.54) is 0 Å². The Bertz CT molecular complexity index is 1160. The number of hydrogen-bond donors (Lipinski definition) is 1. The number of amides is 1.